The van der Waals surface area contributed by atoms with Gasteiger partial charge in [-0.05, 0) is 25.3 Å². The highest BCUT2D eigenvalue weighted by atomic mass is 14.0. The highest BCUT2D eigenvalue weighted by molar-refractivity contribution is 5.52. The van der Waals surface area contributed by atoms with Crippen molar-refractivity contribution in [3.05, 3.63) is 53.6 Å². The molecule has 20 heavy (non-hydrogen) atoms. The van der Waals surface area contributed by atoms with Gasteiger partial charge in [-0.25, -0.2) is 0 Å². The first-order valence-electron chi connectivity index (χ1n) is 8.23. The molecule has 0 saturated carbocycles. The Labute approximate surface area is 125 Å². The lowest BCUT2D eigenvalue weighted by Gasteiger charge is -1.99. The molecule has 1 aromatic carbocycles. The summed E-state index contributed by atoms with van der Waals surface area (Å²) in [4.78, 5) is 0. The molecule has 0 aliphatic rings. The average molecular weight is 270 g/mol. The molecule has 0 bridgehead atoms. The van der Waals surface area contributed by atoms with Crippen molar-refractivity contribution in [3.63, 3.8) is 0 Å². The highest BCUT2D eigenvalue weighted by Gasteiger charge is 1.90. The van der Waals surface area contributed by atoms with Crippen LogP contribution in [0.2, 0.25) is 0 Å². The van der Waals surface area contributed by atoms with E-state index in [-0.39, 0.29) is 0 Å². The van der Waals surface area contributed by atoms with Crippen molar-refractivity contribution < 1.29 is 0 Å². The van der Waals surface area contributed by atoms with Gasteiger partial charge in [0.15, 0.2) is 0 Å². The first kappa shape index (κ1) is 16.8. The lowest BCUT2D eigenvalue weighted by molar-refractivity contribution is 0.592. The number of rotatable bonds is 10. The van der Waals surface area contributed by atoms with Crippen molar-refractivity contribution in [1.29, 1.82) is 0 Å². The van der Waals surface area contributed by atoms with Crippen molar-refractivity contribution in [2.75, 3.05) is 0 Å². The van der Waals surface area contributed by atoms with Crippen molar-refractivity contribution in [2.24, 2.45) is 0 Å². The molecule has 1 aromatic rings. The molecule has 110 valence electrons. The van der Waals surface area contributed by atoms with Gasteiger partial charge in [-0.3, -0.25) is 0 Å². The lowest BCUT2D eigenvalue weighted by Crippen LogP contribution is -1.79. The SMILES string of the molecule is CCCCCCCCC/C=C(C)/C=C/c1ccccc1. The van der Waals surface area contributed by atoms with E-state index in [1.54, 1.807) is 0 Å². The average Bonchev–Trinajstić information content (AvgIpc) is 2.49. The number of hydrogen-bond acceptors (Lipinski definition) is 0. The van der Waals surface area contributed by atoms with Crippen LogP contribution in [-0.2, 0) is 0 Å². The molecule has 0 heterocycles. The van der Waals surface area contributed by atoms with E-state index < -0.39 is 0 Å². The zero-order chi connectivity index (χ0) is 14.5. The van der Waals surface area contributed by atoms with Crippen LogP contribution in [0.1, 0.15) is 70.8 Å². The second kappa shape index (κ2) is 11.5. The monoisotopic (exact) mass is 270 g/mol. The number of benzene rings is 1. The molecule has 0 radical (unpaired) electrons. The maximum absolute atomic E-state index is 2.37. The standard InChI is InChI=1S/C20H30/c1-3-4-5-6-7-8-9-11-14-19(2)17-18-20-15-12-10-13-16-20/h10,12-18H,3-9,11H2,1-2H3/b18-17+,19-14+. The zero-order valence-corrected chi connectivity index (χ0v) is 13.3. The Morgan fingerprint density at radius 2 is 1.55 bits per heavy atom. The summed E-state index contributed by atoms with van der Waals surface area (Å²) in [7, 11) is 0. The molecule has 0 saturated heterocycles. The van der Waals surface area contributed by atoms with Crippen molar-refractivity contribution in [2.45, 2.75) is 65.2 Å². The number of hydrogen-bond donors (Lipinski definition) is 0. The summed E-state index contributed by atoms with van der Waals surface area (Å²) in [6.07, 6.45) is 17.7. The van der Waals surface area contributed by atoms with E-state index in [1.807, 2.05) is 0 Å². The van der Waals surface area contributed by atoms with E-state index in [2.05, 4.69) is 62.4 Å². The fourth-order valence-electron chi connectivity index (χ4n) is 2.29. The summed E-state index contributed by atoms with van der Waals surface area (Å²) < 4.78 is 0. The van der Waals surface area contributed by atoms with Crippen LogP contribution in [0, 0.1) is 0 Å². The summed E-state index contributed by atoms with van der Waals surface area (Å²) in [5.74, 6) is 0. The molecular formula is C20H30. The van der Waals surface area contributed by atoms with Gasteiger partial charge in [-0.1, -0.05) is 99.6 Å². The van der Waals surface area contributed by atoms with Gasteiger partial charge in [0.1, 0.15) is 0 Å². The minimum Gasteiger partial charge on any atom is -0.0816 e. The van der Waals surface area contributed by atoms with E-state index in [9.17, 15) is 0 Å². The topological polar surface area (TPSA) is 0 Å². The van der Waals surface area contributed by atoms with Gasteiger partial charge in [-0.15, -0.1) is 0 Å². The number of unbranched alkanes of at least 4 members (excludes halogenated alkanes) is 7. The van der Waals surface area contributed by atoms with Crippen molar-refractivity contribution in [1.82, 2.24) is 0 Å². The quantitative estimate of drug-likeness (QED) is 0.324. The molecule has 0 atom stereocenters. The normalized spacial score (nSPS) is 12.2. The Morgan fingerprint density at radius 1 is 0.900 bits per heavy atom. The summed E-state index contributed by atoms with van der Waals surface area (Å²) in [5, 5.41) is 0. The Kier molecular flexibility index (Phi) is 9.65. The zero-order valence-electron chi connectivity index (χ0n) is 13.3. The highest BCUT2D eigenvalue weighted by Crippen LogP contribution is 2.10. The molecule has 0 nitrogen and oxygen atoms in total. The van der Waals surface area contributed by atoms with E-state index in [1.165, 1.54) is 62.5 Å². The molecule has 0 aliphatic carbocycles. The van der Waals surface area contributed by atoms with Crippen LogP contribution in [0.4, 0.5) is 0 Å². The van der Waals surface area contributed by atoms with Crippen LogP contribution >= 0.6 is 0 Å². The maximum Gasteiger partial charge on any atom is -0.0257 e. The van der Waals surface area contributed by atoms with E-state index in [0.29, 0.717) is 0 Å². The second-order valence-corrected chi connectivity index (χ2v) is 5.60. The third-order valence-corrected chi connectivity index (χ3v) is 3.61. The molecular weight excluding hydrogens is 240 g/mol. The maximum atomic E-state index is 2.37. The summed E-state index contributed by atoms with van der Waals surface area (Å²) in [5.41, 5.74) is 2.65. The third-order valence-electron chi connectivity index (χ3n) is 3.61. The Morgan fingerprint density at radius 3 is 2.25 bits per heavy atom. The predicted octanol–water partition coefficient (Wildman–Crippen LogP) is 6.79. The molecule has 0 aromatic heterocycles. The Hall–Kier alpha value is -1.30. The first-order valence-corrected chi connectivity index (χ1v) is 8.23. The summed E-state index contributed by atoms with van der Waals surface area (Å²) in [6, 6.07) is 10.5. The van der Waals surface area contributed by atoms with Gasteiger partial charge >= 0.3 is 0 Å². The first-order chi connectivity index (χ1) is 9.83. The fourth-order valence-corrected chi connectivity index (χ4v) is 2.29. The minimum atomic E-state index is 1.22. The van der Waals surface area contributed by atoms with E-state index >= 15 is 0 Å². The van der Waals surface area contributed by atoms with Gasteiger partial charge < -0.3 is 0 Å². The van der Waals surface area contributed by atoms with Gasteiger partial charge in [0, 0.05) is 0 Å². The largest absolute Gasteiger partial charge is 0.0816 e. The molecule has 1 rings (SSSR count). The van der Waals surface area contributed by atoms with Crippen molar-refractivity contribution >= 4 is 6.08 Å². The molecule has 0 heteroatoms. The summed E-state index contributed by atoms with van der Waals surface area (Å²) >= 11 is 0. The Balaban J connectivity index is 2.11. The van der Waals surface area contributed by atoms with E-state index in [4.69, 9.17) is 0 Å². The molecule has 0 amide bonds. The van der Waals surface area contributed by atoms with Gasteiger partial charge in [0.05, 0.1) is 0 Å². The minimum absolute atomic E-state index is 1.22. The third kappa shape index (κ3) is 8.74. The van der Waals surface area contributed by atoms with Crippen LogP contribution in [0.5, 0.6) is 0 Å². The molecule has 0 aliphatic heterocycles. The molecule has 0 N–H and O–H groups in total. The lowest BCUT2D eigenvalue weighted by atomic mass is 10.1. The Bertz CT molecular complexity index is 384. The predicted molar refractivity (Wildman–Crippen MR) is 91.8 cm³/mol. The van der Waals surface area contributed by atoms with Crippen LogP contribution in [0.3, 0.4) is 0 Å². The van der Waals surface area contributed by atoms with E-state index in [0.717, 1.165) is 0 Å². The van der Waals surface area contributed by atoms with Crippen molar-refractivity contribution in [3.8, 4) is 0 Å². The molecule has 0 spiro atoms. The van der Waals surface area contributed by atoms with Gasteiger partial charge in [0.2, 0.25) is 0 Å². The van der Waals surface area contributed by atoms with Crippen LogP contribution < -0.4 is 0 Å². The van der Waals surface area contributed by atoms with Crippen LogP contribution in [0.15, 0.2) is 48.1 Å². The molecule has 0 fully saturated rings. The second-order valence-electron chi connectivity index (χ2n) is 5.60. The fraction of sp³-hybridized carbons (Fsp3) is 0.500. The summed E-state index contributed by atoms with van der Waals surface area (Å²) in [6.45, 7) is 4.47. The molecule has 0 unspecified atom stereocenters. The van der Waals surface area contributed by atoms with Gasteiger partial charge in [0.25, 0.3) is 0 Å². The van der Waals surface area contributed by atoms with Gasteiger partial charge in [-0.2, -0.15) is 0 Å². The smallest absolute Gasteiger partial charge is 0.0257 e. The number of allylic oxidation sites excluding steroid dienone is 3. The van der Waals surface area contributed by atoms with Crippen LogP contribution in [-0.4, -0.2) is 0 Å². The van der Waals surface area contributed by atoms with Crippen LogP contribution in [0.25, 0.3) is 6.08 Å².